The van der Waals surface area contributed by atoms with Crippen LogP contribution in [0.4, 0.5) is 5.82 Å². The van der Waals surface area contributed by atoms with E-state index in [1.165, 1.54) is 57.7 Å². The van der Waals surface area contributed by atoms with Crippen molar-refractivity contribution in [1.82, 2.24) is 14.9 Å². The summed E-state index contributed by atoms with van der Waals surface area (Å²) in [4.78, 5) is 23.1. The van der Waals surface area contributed by atoms with Crippen LogP contribution in [-0.4, -0.2) is 39.9 Å². The van der Waals surface area contributed by atoms with E-state index in [1.54, 1.807) is 0 Å². The van der Waals surface area contributed by atoms with Crippen molar-refractivity contribution in [2.24, 2.45) is 0 Å². The van der Waals surface area contributed by atoms with Crippen LogP contribution in [0, 0.1) is 0 Å². The minimum absolute atomic E-state index is 0.0539. The molecule has 1 N–H and O–H groups in total. The van der Waals surface area contributed by atoms with E-state index in [0.29, 0.717) is 11.7 Å². The molecule has 3 rings (SSSR count). The highest BCUT2D eigenvalue weighted by atomic mass is 16.2. The van der Waals surface area contributed by atoms with Gasteiger partial charge >= 0.3 is 0 Å². The Balaban J connectivity index is 1.65. The molecule has 1 aromatic heterocycles. The molecule has 0 atom stereocenters. The number of likely N-dealkylation sites (tertiary alicyclic amines) is 1. The molecule has 1 aliphatic heterocycles. The molecule has 0 spiro atoms. The molecule has 2 heterocycles. The van der Waals surface area contributed by atoms with Gasteiger partial charge in [0.2, 0.25) is 0 Å². The van der Waals surface area contributed by atoms with Crippen molar-refractivity contribution < 1.29 is 4.79 Å². The van der Waals surface area contributed by atoms with E-state index in [9.17, 15) is 4.79 Å². The van der Waals surface area contributed by atoms with Gasteiger partial charge in [-0.15, -0.1) is 0 Å². The number of hydrogen-bond acceptors (Lipinski definition) is 4. The maximum atomic E-state index is 12.7. The summed E-state index contributed by atoms with van der Waals surface area (Å²) in [6, 6.07) is 2.31. The number of carbonyl (C=O) groups excluding carboxylic acids is 1. The van der Waals surface area contributed by atoms with Gasteiger partial charge < -0.3 is 10.2 Å². The lowest BCUT2D eigenvalue weighted by atomic mass is 10.1. The lowest BCUT2D eigenvalue weighted by Gasteiger charge is -2.20. The Hall–Kier alpha value is -1.65. The summed E-state index contributed by atoms with van der Waals surface area (Å²) < 4.78 is 0. The normalized spacial score (nSPS) is 20.6. The van der Waals surface area contributed by atoms with Crippen LogP contribution in [0.15, 0.2) is 12.4 Å². The molecule has 0 unspecified atom stereocenters. The molecule has 2 aliphatic rings. The number of nitrogens with one attached hydrogen (secondary N) is 1. The number of anilines is 1. The van der Waals surface area contributed by atoms with Crippen molar-refractivity contribution in [2.75, 3.05) is 18.4 Å². The van der Waals surface area contributed by atoms with Gasteiger partial charge in [0.1, 0.15) is 17.8 Å². The topological polar surface area (TPSA) is 58.1 Å². The molecule has 5 heteroatoms. The summed E-state index contributed by atoms with van der Waals surface area (Å²) in [5.41, 5.74) is 0.526. The summed E-state index contributed by atoms with van der Waals surface area (Å²) in [5, 5.41) is 3.51. The summed E-state index contributed by atoms with van der Waals surface area (Å²) >= 11 is 0. The van der Waals surface area contributed by atoms with Gasteiger partial charge in [-0.25, -0.2) is 9.97 Å². The largest absolute Gasteiger partial charge is 0.367 e. The van der Waals surface area contributed by atoms with E-state index < -0.39 is 0 Å². The van der Waals surface area contributed by atoms with E-state index in [1.807, 2.05) is 11.0 Å². The molecule has 126 valence electrons. The van der Waals surface area contributed by atoms with Crippen molar-refractivity contribution in [1.29, 1.82) is 0 Å². The minimum atomic E-state index is 0.0539. The molecule has 0 radical (unpaired) electrons. The third-order valence-electron chi connectivity index (χ3n) is 4.99. The number of carbonyl (C=O) groups is 1. The fraction of sp³-hybridized carbons (Fsp3) is 0.722. The quantitative estimate of drug-likeness (QED) is 0.865. The molecular formula is C18H28N4O. The smallest absolute Gasteiger partial charge is 0.272 e. The molecule has 1 saturated carbocycles. The molecule has 1 amide bonds. The Labute approximate surface area is 138 Å². The monoisotopic (exact) mass is 316 g/mol. The van der Waals surface area contributed by atoms with E-state index in [-0.39, 0.29) is 5.91 Å². The van der Waals surface area contributed by atoms with Gasteiger partial charge in [0.15, 0.2) is 0 Å². The number of hydrogen-bond donors (Lipinski definition) is 1. The predicted octanol–water partition coefficient (Wildman–Crippen LogP) is 3.63. The predicted molar refractivity (Wildman–Crippen MR) is 91.5 cm³/mol. The standard InChI is InChI=1S/C18H28N4O/c23-18(22-11-7-3-4-8-12-22)16-13-17(20-14-19-16)21-15-9-5-1-2-6-10-15/h13-15H,1-12H2,(H,19,20,21). The first-order valence-electron chi connectivity index (χ1n) is 9.21. The summed E-state index contributed by atoms with van der Waals surface area (Å²) in [6.07, 6.45) is 13.8. The van der Waals surface area contributed by atoms with Gasteiger partial charge in [-0.3, -0.25) is 4.79 Å². The first kappa shape index (κ1) is 16.2. The van der Waals surface area contributed by atoms with Crippen LogP contribution >= 0.6 is 0 Å². The lowest BCUT2D eigenvalue weighted by molar-refractivity contribution is 0.0755. The van der Waals surface area contributed by atoms with Crippen LogP contribution in [0.1, 0.15) is 74.7 Å². The van der Waals surface area contributed by atoms with Gasteiger partial charge in [-0.1, -0.05) is 38.5 Å². The molecule has 23 heavy (non-hydrogen) atoms. The first-order valence-corrected chi connectivity index (χ1v) is 9.21. The highest BCUT2D eigenvalue weighted by Gasteiger charge is 2.19. The van der Waals surface area contributed by atoms with Crippen molar-refractivity contribution in [3.05, 3.63) is 18.1 Å². The number of aromatic nitrogens is 2. The SMILES string of the molecule is O=C(c1cc(NC2CCCCCC2)ncn1)N1CCCCCC1. The van der Waals surface area contributed by atoms with E-state index in [2.05, 4.69) is 15.3 Å². The summed E-state index contributed by atoms with van der Waals surface area (Å²) in [7, 11) is 0. The summed E-state index contributed by atoms with van der Waals surface area (Å²) in [5.74, 6) is 0.850. The highest BCUT2D eigenvalue weighted by molar-refractivity contribution is 5.92. The number of amides is 1. The second-order valence-electron chi connectivity index (χ2n) is 6.83. The minimum Gasteiger partial charge on any atom is -0.367 e. The van der Waals surface area contributed by atoms with Crippen LogP contribution < -0.4 is 5.32 Å². The van der Waals surface area contributed by atoms with Crippen LogP contribution in [0.2, 0.25) is 0 Å². The molecular weight excluding hydrogens is 288 g/mol. The zero-order valence-corrected chi connectivity index (χ0v) is 14.0. The third kappa shape index (κ3) is 4.66. The molecule has 1 aliphatic carbocycles. The molecule has 2 fully saturated rings. The maximum absolute atomic E-state index is 12.7. The van der Waals surface area contributed by atoms with E-state index in [0.717, 1.165) is 31.7 Å². The lowest BCUT2D eigenvalue weighted by Crippen LogP contribution is -2.32. The molecule has 0 aromatic carbocycles. The fourth-order valence-corrected chi connectivity index (χ4v) is 3.62. The number of nitrogens with zero attached hydrogens (tertiary/aromatic N) is 3. The maximum Gasteiger partial charge on any atom is 0.272 e. The van der Waals surface area contributed by atoms with Gasteiger partial charge in [0, 0.05) is 25.2 Å². The highest BCUT2D eigenvalue weighted by Crippen LogP contribution is 2.21. The Morgan fingerprint density at radius 2 is 1.61 bits per heavy atom. The van der Waals surface area contributed by atoms with Crippen LogP contribution in [0.25, 0.3) is 0 Å². The van der Waals surface area contributed by atoms with Crippen LogP contribution in [0.3, 0.4) is 0 Å². The molecule has 1 saturated heterocycles. The van der Waals surface area contributed by atoms with Crippen LogP contribution in [-0.2, 0) is 0 Å². The molecule has 5 nitrogen and oxygen atoms in total. The summed E-state index contributed by atoms with van der Waals surface area (Å²) in [6.45, 7) is 1.71. The zero-order valence-electron chi connectivity index (χ0n) is 14.0. The van der Waals surface area contributed by atoms with Gasteiger partial charge in [0.25, 0.3) is 5.91 Å². The second-order valence-corrected chi connectivity index (χ2v) is 6.83. The van der Waals surface area contributed by atoms with Gasteiger partial charge in [-0.2, -0.15) is 0 Å². The fourth-order valence-electron chi connectivity index (χ4n) is 3.62. The Kier molecular flexibility index (Phi) is 5.83. The van der Waals surface area contributed by atoms with Gasteiger partial charge in [-0.05, 0) is 25.7 Å². The van der Waals surface area contributed by atoms with Crippen molar-refractivity contribution in [3.8, 4) is 0 Å². The van der Waals surface area contributed by atoms with Crippen LogP contribution in [0.5, 0.6) is 0 Å². The van der Waals surface area contributed by atoms with Crippen molar-refractivity contribution in [2.45, 2.75) is 70.3 Å². The average Bonchev–Trinajstić information content (AvgIpc) is 2.99. The Morgan fingerprint density at radius 3 is 2.30 bits per heavy atom. The Bertz CT molecular complexity index is 503. The van der Waals surface area contributed by atoms with Crippen molar-refractivity contribution >= 4 is 11.7 Å². The first-order chi connectivity index (χ1) is 11.3. The average molecular weight is 316 g/mol. The van der Waals surface area contributed by atoms with Crippen molar-refractivity contribution in [3.63, 3.8) is 0 Å². The van der Waals surface area contributed by atoms with E-state index in [4.69, 9.17) is 0 Å². The van der Waals surface area contributed by atoms with E-state index >= 15 is 0 Å². The molecule has 0 bridgehead atoms. The third-order valence-corrected chi connectivity index (χ3v) is 4.99. The zero-order chi connectivity index (χ0) is 15.9. The Morgan fingerprint density at radius 1 is 0.957 bits per heavy atom. The molecule has 1 aromatic rings. The second kappa shape index (κ2) is 8.27. The number of rotatable bonds is 3. The van der Waals surface area contributed by atoms with Gasteiger partial charge in [0.05, 0.1) is 0 Å².